The summed E-state index contributed by atoms with van der Waals surface area (Å²) in [5.41, 5.74) is 6.43. The van der Waals surface area contributed by atoms with Gasteiger partial charge in [0.15, 0.2) is 11.0 Å². The molecule has 1 saturated heterocycles. The van der Waals surface area contributed by atoms with Crippen LogP contribution in [0.3, 0.4) is 0 Å². The van der Waals surface area contributed by atoms with Crippen molar-refractivity contribution in [3.8, 4) is 0 Å². The number of nitrogens with zero attached hydrogens (tertiary/aromatic N) is 3. The smallest absolute Gasteiger partial charge is 0.157 e. The van der Waals surface area contributed by atoms with Crippen molar-refractivity contribution in [2.24, 2.45) is 0 Å². The Hall–Kier alpha value is -1.07. The van der Waals surface area contributed by atoms with Crippen LogP contribution in [-0.4, -0.2) is 35.3 Å². The van der Waals surface area contributed by atoms with Crippen LogP contribution in [0, 0.1) is 0 Å². The largest absolute Gasteiger partial charge is 0.393 e. The zero-order valence-corrected chi connectivity index (χ0v) is 10.2. The lowest BCUT2D eigenvalue weighted by Crippen LogP contribution is -2.49. The van der Waals surface area contributed by atoms with Crippen LogP contribution in [0.25, 0.3) is 0 Å². The third-order valence-electron chi connectivity index (χ3n) is 3.57. The van der Waals surface area contributed by atoms with Gasteiger partial charge in [0.25, 0.3) is 0 Å². The number of rotatable bonds is 1. The Balaban J connectivity index is 1.94. The normalized spacial score (nSPS) is 28.2. The van der Waals surface area contributed by atoms with Crippen LogP contribution in [0.1, 0.15) is 19.3 Å². The maximum atomic E-state index is 5.96. The Bertz CT molecular complexity index is 428. The van der Waals surface area contributed by atoms with Crippen molar-refractivity contribution in [2.45, 2.75) is 31.4 Å². The van der Waals surface area contributed by atoms with Crippen LogP contribution in [0.4, 0.5) is 11.5 Å². The highest BCUT2D eigenvalue weighted by atomic mass is 35.5. The first-order chi connectivity index (χ1) is 8.27. The topological polar surface area (TPSA) is 64.3 Å². The highest BCUT2D eigenvalue weighted by Crippen LogP contribution is 2.35. The molecule has 2 fully saturated rings. The van der Waals surface area contributed by atoms with E-state index < -0.39 is 0 Å². The lowest BCUT2D eigenvalue weighted by atomic mass is 10.1. The van der Waals surface area contributed by atoms with Gasteiger partial charge in [-0.05, 0) is 19.3 Å². The van der Waals surface area contributed by atoms with Gasteiger partial charge in [-0.1, -0.05) is 11.6 Å². The van der Waals surface area contributed by atoms with Gasteiger partial charge >= 0.3 is 0 Å². The van der Waals surface area contributed by atoms with E-state index in [1.165, 1.54) is 12.7 Å². The Morgan fingerprint density at radius 3 is 3.18 bits per heavy atom. The molecule has 0 spiro atoms. The fourth-order valence-electron chi connectivity index (χ4n) is 2.78. The minimum Gasteiger partial charge on any atom is -0.393 e. The van der Waals surface area contributed by atoms with Crippen molar-refractivity contribution in [3.05, 3.63) is 11.5 Å². The van der Waals surface area contributed by atoms with E-state index in [1.54, 1.807) is 0 Å². The van der Waals surface area contributed by atoms with Crippen LogP contribution in [-0.2, 0) is 4.74 Å². The first-order valence-corrected chi connectivity index (χ1v) is 6.29. The molecule has 0 bridgehead atoms. The summed E-state index contributed by atoms with van der Waals surface area (Å²) in [5.74, 6) is 0.755. The van der Waals surface area contributed by atoms with E-state index in [2.05, 4.69) is 14.9 Å². The number of hydrogen-bond acceptors (Lipinski definition) is 5. The number of aromatic nitrogens is 2. The summed E-state index contributed by atoms with van der Waals surface area (Å²) in [6, 6.07) is 0.386. The van der Waals surface area contributed by atoms with E-state index in [4.69, 9.17) is 22.1 Å². The summed E-state index contributed by atoms with van der Waals surface area (Å²) in [6.45, 7) is 1.54. The molecule has 2 N–H and O–H groups in total. The summed E-state index contributed by atoms with van der Waals surface area (Å²) in [6.07, 6.45) is 5.24. The van der Waals surface area contributed by atoms with Gasteiger partial charge in [-0.2, -0.15) is 0 Å². The Kier molecular flexibility index (Phi) is 2.80. The van der Waals surface area contributed by atoms with Crippen molar-refractivity contribution >= 4 is 23.1 Å². The number of nitrogen functional groups attached to an aromatic ring is 1. The SMILES string of the molecule is Nc1c(Cl)ncnc1N1CCOC2CCCC21. The van der Waals surface area contributed by atoms with E-state index in [1.807, 2.05) is 0 Å². The third-order valence-corrected chi connectivity index (χ3v) is 3.87. The number of fused-ring (bicyclic) bond motifs is 1. The molecule has 1 aromatic heterocycles. The van der Waals surface area contributed by atoms with Gasteiger partial charge in [0.05, 0.1) is 18.8 Å². The molecular weight excluding hydrogens is 240 g/mol. The molecule has 2 heterocycles. The zero-order chi connectivity index (χ0) is 11.8. The quantitative estimate of drug-likeness (QED) is 0.769. The molecule has 1 saturated carbocycles. The summed E-state index contributed by atoms with van der Waals surface area (Å²) in [4.78, 5) is 10.4. The predicted octanol–water partition coefficient (Wildman–Crippen LogP) is 1.47. The lowest BCUT2D eigenvalue weighted by molar-refractivity contribution is 0.0254. The molecular formula is C11H15ClN4O. The number of ether oxygens (including phenoxy) is 1. The molecule has 6 heteroatoms. The number of anilines is 2. The number of hydrogen-bond donors (Lipinski definition) is 1. The highest BCUT2D eigenvalue weighted by Gasteiger charge is 2.37. The van der Waals surface area contributed by atoms with Crippen molar-refractivity contribution in [3.63, 3.8) is 0 Å². The zero-order valence-electron chi connectivity index (χ0n) is 9.47. The Morgan fingerprint density at radius 1 is 1.41 bits per heavy atom. The monoisotopic (exact) mass is 254 g/mol. The maximum Gasteiger partial charge on any atom is 0.157 e. The fourth-order valence-corrected chi connectivity index (χ4v) is 2.91. The van der Waals surface area contributed by atoms with E-state index in [-0.39, 0.29) is 0 Å². The van der Waals surface area contributed by atoms with Gasteiger partial charge in [-0.15, -0.1) is 0 Å². The molecule has 1 aliphatic heterocycles. The molecule has 3 rings (SSSR count). The van der Waals surface area contributed by atoms with E-state index in [0.29, 0.717) is 23.0 Å². The second kappa shape index (κ2) is 4.31. The molecule has 92 valence electrons. The predicted molar refractivity (Wildman–Crippen MR) is 66.2 cm³/mol. The Morgan fingerprint density at radius 2 is 2.29 bits per heavy atom. The standard InChI is InChI=1S/C11H15ClN4O/c12-10-9(13)11(15-6-14-10)16-4-5-17-8-3-1-2-7(8)16/h6-8H,1-5,13H2. The van der Waals surface area contributed by atoms with Crippen LogP contribution in [0.15, 0.2) is 6.33 Å². The molecule has 2 atom stereocenters. The van der Waals surface area contributed by atoms with E-state index in [0.717, 1.165) is 31.8 Å². The molecule has 5 nitrogen and oxygen atoms in total. The molecule has 0 amide bonds. The molecule has 1 aliphatic carbocycles. The maximum absolute atomic E-state index is 5.96. The van der Waals surface area contributed by atoms with Crippen molar-refractivity contribution in [2.75, 3.05) is 23.8 Å². The minimum absolute atomic E-state index is 0.317. The van der Waals surface area contributed by atoms with Crippen LogP contribution < -0.4 is 10.6 Å². The van der Waals surface area contributed by atoms with E-state index in [9.17, 15) is 0 Å². The minimum atomic E-state index is 0.317. The number of nitrogens with two attached hydrogens (primary N) is 1. The highest BCUT2D eigenvalue weighted by molar-refractivity contribution is 6.32. The summed E-state index contributed by atoms with van der Waals surface area (Å²) >= 11 is 5.94. The van der Waals surface area contributed by atoms with Gasteiger partial charge < -0.3 is 15.4 Å². The van der Waals surface area contributed by atoms with Crippen molar-refractivity contribution in [1.29, 1.82) is 0 Å². The van der Waals surface area contributed by atoms with Crippen LogP contribution in [0.5, 0.6) is 0 Å². The molecule has 17 heavy (non-hydrogen) atoms. The number of morpholine rings is 1. The van der Waals surface area contributed by atoms with Gasteiger partial charge in [0.1, 0.15) is 12.0 Å². The fraction of sp³-hybridized carbons (Fsp3) is 0.636. The second-order valence-electron chi connectivity index (χ2n) is 4.50. The number of halogens is 1. The summed E-state index contributed by atoms with van der Waals surface area (Å²) in [5, 5.41) is 0.330. The average molecular weight is 255 g/mol. The molecule has 2 aliphatic rings. The third kappa shape index (κ3) is 1.83. The lowest BCUT2D eigenvalue weighted by Gasteiger charge is -2.38. The molecule has 0 radical (unpaired) electrons. The van der Waals surface area contributed by atoms with Gasteiger partial charge in [-0.25, -0.2) is 9.97 Å². The first kappa shape index (κ1) is 11.0. The van der Waals surface area contributed by atoms with Crippen LogP contribution in [0.2, 0.25) is 5.15 Å². The van der Waals surface area contributed by atoms with Crippen LogP contribution >= 0.6 is 11.6 Å². The second-order valence-corrected chi connectivity index (χ2v) is 4.86. The summed E-state index contributed by atoms with van der Waals surface area (Å²) < 4.78 is 5.76. The van der Waals surface area contributed by atoms with Crippen molar-refractivity contribution < 1.29 is 4.74 Å². The Labute approximate surface area is 105 Å². The molecule has 0 aromatic carbocycles. The first-order valence-electron chi connectivity index (χ1n) is 5.91. The van der Waals surface area contributed by atoms with Gasteiger partial charge in [-0.3, -0.25) is 0 Å². The molecule has 2 unspecified atom stereocenters. The van der Waals surface area contributed by atoms with Crippen molar-refractivity contribution in [1.82, 2.24) is 9.97 Å². The van der Waals surface area contributed by atoms with E-state index >= 15 is 0 Å². The average Bonchev–Trinajstić information content (AvgIpc) is 2.81. The van der Waals surface area contributed by atoms with Gasteiger partial charge in [0, 0.05) is 6.54 Å². The molecule has 1 aromatic rings. The summed E-state index contributed by atoms with van der Waals surface area (Å²) in [7, 11) is 0. The van der Waals surface area contributed by atoms with Gasteiger partial charge in [0.2, 0.25) is 0 Å².